The van der Waals surface area contributed by atoms with Crippen molar-refractivity contribution in [2.24, 2.45) is 0 Å². The van der Waals surface area contributed by atoms with Crippen LogP contribution in [0.3, 0.4) is 0 Å². The van der Waals surface area contributed by atoms with Crippen LogP contribution in [-0.2, 0) is 19.6 Å². The Kier molecular flexibility index (Phi) is 10.8. The Labute approximate surface area is 251 Å². The Bertz CT molecular complexity index is 1450. The molecule has 0 spiro atoms. The van der Waals surface area contributed by atoms with E-state index in [0.717, 1.165) is 48.3 Å². The van der Waals surface area contributed by atoms with Crippen molar-refractivity contribution in [3.63, 3.8) is 0 Å². The minimum Gasteiger partial charge on any atom is -0.386 e. The van der Waals surface area contributed by atoms with Crippen LogP contribution in [0.4, 0.5) is 26.6 Å². The van der Waals surface area contributed by atoms with Gasteiger partial charge in [0.1, 0.15) is 12.3 Å². The van der Waals surface area contributed by atoms with Crippen LogP contribution < -0.4 is 19.8 Å². The molecule has 0 saturated carbocycles. The van der Waals surface area contributed by atoms with Crippen LogP contribution in [-0.4, -0.2) is 77.1 Å². The fourth-order valence-corrected chi connectivity index (χ4v) is 6.86. The van der Waals surface area contributed by atoms with Crippen LogP contribution in [0.25, 0.3) is 0 Å². The Morgan fingerprint density at radius 1 is 1.02 bits per heavy atom. The number of hydrogen-bond donors (Lipinski definition) is 2. The quantitative estimate of drug-likeness (QED) is 0.271. The number of carbonyl (C=O) groups excluding carboxylic acids is 2. The number of sulfonamides is 1. The zero-order valence-electron chi connectivity index (χ0n) is 23.7. The van der Waals surface area contributed by atoms with E-state index in [9.17, 15) is 21.9 Å². The summed E-state index contributed by atoms with van der Waals surface area (Å²) < 4.78 is 41.2. The molecule has 1 heterocycles. The number of halogens is 1. The van der Waals surface area contributed by atoms with Crippen LogP contribution in [0.2, 0.25) is 0 Å². The van der Waals surface area contributed by atoms with Gasteiger partial charge in [-0.05, 0) is 55.5 Å². The van der Waals surface area contributed by atoms with Gasteiger partial charge in [0.2, 0.25) is 5.91 Å². The zero-order valence-corrected chi connectivity index (χ0v) is 25.3. The molecule has 9 nitrogen and oxygen atoms in total. The number of hydrogen-bond acceptors (Lipinski definition) is 8. The lowest BCUT2D eigenvalue weighted by molar-refractivity contribution is -0.118. The third-order valence-electron chi connectivity index (χ3n) is 7.21. The van der Waals surface area contributed by atoms with Gasteiger partial charge in [0.25, 0.3) is 10.0 Å². The molecule has 3 aromatic carbocycles. The number of rotatable bonds is 13. The van der Waals surface area contributed by atoms with E-state index in [0.29, 0.717) is 35.6 Å². The summed E-state index contributed by atoms with van der Waals surface area (Å²) in [5, 5.41) is 5.78. The maximum atomic E-state index is 13.9. The molecule has 224 valence electrons. The predicted molar refractivity (Wildman–Crippen MR) is 169 cm³/mol. The van der Waals surface area contributed by atoms with Crippen molar-refractivity contribution in [1.82, 2.24) is 4.90 Å². The van der Waals surface area contributed by atoms with E-state index in [1.54, 1.807) is 55.6 Å². The minimum absolute atomic E-state index is 0.0176. The van der Waals surface area contributed by atoms with Gasteiger partial charge >= 0.3 is 0 Å². The van der Waals surface area contributed by atoms with Gasteiger partial charge in [0.05, 0.1) is 22.7 Å². The Balaban J connectivity index is 1.49. The van der Waals surface area contributed by atoms with Gasteiger partial charge < -0.3 is 20.3 Å². The summed E-state index contributed by atoms with van der Waals surface area (Å²) in [7, 11) is -2.55. The van der Waals surface area contributed by atoms with E-state index in [4.69, 9.17) is 0 Å². The second-order valence-corrected chi connectivity index (χ2v) is 12.5. The van der Waals surface area contributed by atoms with Crippen molar-refractivity contribution in [2.45, 2.75) is 24.3 Å². The van der Waals surface area contributed by atoms with Crippen LogP contribution in [0.1, 0.15) is 12.0 Å². The van der Waals surface area contributed by atoms with Crippen LogP contribution >= 0.6 is 12.1 Å². The number of nitrogens with one attached hydrogen (secondary N) is 2. The lowest BCUT2D eigenvalue weighted by atomic mass is 10.1. The van der Waals surface area contributed by atoms with E-state index >= 15 is 0 Å². The van der Waals surface area contributed by atoms with Gasteiger partial charge in [0, 0.05) is 69.0 Å². The highest BCUT2D eigenvalue weighted by Crippen LogP contribution is 2.33. The highest BCUT2D eigenvalue weighted by molar-refractivity contribution is 7.94. The van der Waals surface area contributed by atoms with Gasteiger partial charge in [-0.2, -0.15) is 3.89 Å². The molecule has 1 saturated heterocycles. The standard InChI is InChI=1S/C30H36FN5O4S2/c1-23-7-13-27(14-8-23)42(39,40)36(29-6-4-3-5-28(29)32-2)26(22-37)21-30(38)33-24-9-11-25(12-10-24)35-17-15-34(16-18-35)19-20-41-31/h3-14,22,26,32H,15-21H2,1-2H3,(H,33,38)/t26-/m1/s1. The highest BCUT2D eigenvalue weighted by Gasteiger charge is 2.34. The summed E-state index contributed by atoms with van der Waals surface area (Å²) in [6.45, 7) is 5.93. The number of benzene rings is 3. The first-order chi connectivity index (χ1) is 20.3. The van der Waals surface area contributed by atoms with Crippen molar-refractivity contribution in [1.29, 1.82) is 0 Å². The maximum absolute atomic E-state index is 13.9. The second kappa shape index (κ2) is 14.5. The van der Waals surface area contributed by atoms with E-state index in [1.165, 1.54) is 12.1 Å². The molecule has 1 aliphatic rings. The third kappa shape index (κ3) is 7.61. The number of piperazine rings is 1. The normalized spacial score (nSPS) is 14.7. The minimum atomic E-state index is -4.21. The van der Waals surface area contributed by atoms with Gasteiger partial charge in [-0.15, -0.1) is 0 Å². The number of carbonyl (C=O) groups is 2. The van der Waals surface area contributed by atoms with Crippen molar-refractivity contribution in [3.8, 4) is 0 Å². The molecule has 0 aromatic heterocycles. The van der Waals surface area contributed by atoms with Crippen LogP contribution in [0.15, 0.2) is 77.7 Å². The average molecular weight is 614 g/mol. The van der Waals surface area contributed by atoms with E-state index in [1.807, 2.05) is 19.1 Å². The van der Waals surface area contributed by atoms with Crippen molar-refractivity contribution < 1.29 is 21.9 Å². The Hall–Kier alpha value is -3.61. The molecule has 4 rings (SSSR count). The lowest BCUT2D eigenvalue weighted by Crippen LogP contribution is -2.47. The van der Waals surface area contributed by atoms with E-state index in [2.05, 4.69) is 20.4 Å². The first-order valence-corrected chi connectivity index (χ1v) is 16.0. The molecule has 0 bridgehead atoms. The van der Waals surface area contributed by atoms with Crippen LogP contribution in [0.5, 0.6) is 0 Å². The molecular weight excluding hydrogens is 577 g/mol. The molecule has 1 fully saturated rings. The van der Waals surface area contributed by atoms with E-state index in [-0.39, 0.29) is 17.0 Å². The molecule has 1 amide bonds. The van der Waals surface area contributed by atoms with Gasteiger partial charge in [0.15, 0.2) is 0 Å². The highest BCUT2D eigenvalue weighted by atomic mass is 32.2. The maximum Gasteiger partial charge on any atom is 0.265 e. The number of para-hydroxylation sites is 2. The van der Waals surface area contributed by atoms with Crippen molar-refractivity contribution in [2.75, 3.05) is 65.4 Å². The number of nitrogens with zero attached hydrogens (tertiary/aromatic N) is 3. The number of aryl methyl sites for hydroxylation is 1. The molecule has 1 aliphatic heterocycles. The SMILES string of the molecule is CNc1ccccc1N([C@@H](C=O)CC(=O)Nc1ccc(N2CCN(CCSF)CC2)cc1)S(=O)(=O)c1ccc(C)cc1. The number of aldehydes is 1. The van der Waals surface area contributed by atoms with Crippen LogP contribution in [0, 0.1) is 6.92 Å². The molecule has 1 atom stereocenters. The molecule has 42 heavy (non-hydrogen) atoms. The smallest absolute Gasteiger partial charge is 0.265 e. The first-order valence-electron chi connectivity index (χ1n) is 13.7. The topological polar surface area (TPSA) is 102 Å². The predicted octanol–water partition coefficient (Wildman–Crippen LogP) is 4.57. The molecule has 0 aliphatic carbocycles. The van der Waals surface area contributed by atoms with Crippen molar-refractivity contribution in [3.05, 3.63) is 78.4 Å². The van der Waals surface area contributed by atoms with Gasteiger partial charge in [-0.1, -0.05) is 29.8 Å². The lowest BCUT2D eigenvalue weighted by Gasteiger charge is -2.36. The third-order valence-corrected chi connectivity index (χ3v) is 9.40. The van der Waals surface area contributed by atoms with Gasteiger partial charge in [-0.3, -0.25) is 14.0 Å². The summed E-state index contributed by atoms with van der Waals surface area (Å²) in [5.74, 6) is -0.0259. The molecule has 3 aromatic rings. The Morgan fingerprint density at radius 2 is 1.69 bits per heavy atom. The number of amides is 1. The Morgan fingerprint density at radius 3 is 2.31 bits per heavy atom. The summed E-state index contributed by atoms with van der Waals surface area (Å²) in [6.07, 6.45) is 0.111. The molecule has 2 N–H and O–H groups in total. The second-order valence-electron chi connectivity index (χ2n) is 10.0. The summed E-state index contributed by atoms with van der Waals surface area (Å²) >= 11 is 0.362. The molecule has 0 unspecified atom stereocenters. The fourth-order valence-electron chi connectivity index (χ4n) is 4.92. The monoisotopic (exact) mass is 613 g/mol. The summed E-state index contributed by atoms with van der Waals surface area (Å²) in [5.41, 5.74) is 3.20. The molecule has 12 heteroatoms. The fraction of sp³-hybridized carbons (Fsp3) is 0.333. The zero-order chi connectivity index (χ0) is 30.1. The summed E-state index contributed by atoms with van der Waals surface area (Å²) in [4.78, 5) is 30.0. The largest absolute Gasteiger partial charge is 0.386 e. The first kappa shape index (κ1) is 31.3. The van der Waals surface area contributed by atoms with Gasteiger partial charge in [-0.25, -0.2) is 8.42 Å². The molecular formula is C30H36FN5O4S2. The van der Waals surface area contributed by atoms with Crippen molar-refractivity contribution >= 4 is 57.1 Å². The summed E-state index contributed by atoms with van der Waals surface area (Å²) in [6, 6.07) is 19.2. The molecule has 0 radical (unpaired) electrons. The van der Waals surface area contributed by atoms with E-state index < -0.39 is 22.0 Å². The number of anilines is 4. The average Bonchev–Trinajstić information content (AvgIpc) is 3.00.